The molecule has 0 fully saturated rings. The highest BCUT2D eigenvalue weighted by Crippen LogP contribution is 2.23. The number of rotatable bonds is 3. The van der Waals surface area contributed by atoms with Gasteiger partial charge in [-0.15, -0.1) is 0 Å². The second-order valence-electron chi connectivity index (χ2n) is 6.02. The second-order valence-corrected chi connectivity index (χ2v) is 7.03. The molecule has 6 nitrogen and oxygen atoms in total. The van der Waals surface area contributed by atoms with Gasteiger partial charge in [0.05, 0.1) is 15.1 Å². The number of hydrogen-bond acceptors (Lipinski definition) is 4. The number of fused-ring (bicyclic) bond motifs is 2. The van der Waals surface area contributed by atoms with Crippen LogP contribution in [0.5, 0.6) is 0 Å². The first-order chi connectivity index (χ1) is 13.1. The van der Waals surface area contributed by atoms with Crippen molar-refractivity contribution in [1.82, 2.24) is 4.57 Å². The van der Waals surface area contributed by atoms with Crippen LogP contribution in [0.2, 0.25) is 0 Å². The highest BCUT2D eigenvalue weighted by atomic mass is 32.1. The van der Waals surface area contributed by atoms with Gasteiger partial charge in [0.1, 0.15) is 0 Å². The van der Waals surface area contributed by atoms with Gasteiger partial charge in [-0.3, -0.25) is 14.9 Å². The number of hydrogen-bond donors (Lipinski definition) is 0. The molecule has 27 heavy (non-hydrogen) atoms. The van der Waals surface area contributed by atoms with Crippen molar-refractivity contribution in [1.29, 1.82) is 0 Å². The fourth-order valence-electron chi connectivity index (χ4n) is 3.04. The summed E-state index contributed by atoms with van der Waals surface area (Å²) in [5, 5.41) is 13.0. The number of non-ortho nitro benzene ring substituents is 1. The Morgan fingerprint density at radius 1 is 1.11 bits per heavy atom. The van der Waals surface area contributed by atoms with Gasteiger partial charge in [0.25, 0.3) is 11.6 Å². The predicted octanol–water partition coefficient (Wildman–Crippen LogP) is 4.53. The fourth-order valence-corrected chi connectivity index (χ4v) is 4.17. The van der Waals surface area contributed by atoms with Gasteiger partial charge in [0, 0.05) is 24.2 Å². The number of thiazole rings is 1. The molecule has 0 atom stereocenters. The molecule has 4 rings (SSSR count). The van der Waals surface area contributed by atoms with Crippen LogP contribution in [0.15, 0.2) is 65.7 Å². The molecule has 0 N–H and O–H groups in total. The molecule has 0 saturated carbocycles. The number of aromatic nitrogens is 1. The lowest BCUT2D eigenvalue weighted by Crippen LogP contribution is -2.15. The average Bonchev–Trinajstić information content (AvgIpc) is 3.03. The number of carbonyl (C=O) groups is 1. The molecule has 0 bridgehead atoms. The number of amides is 1. The quantitative estimate of drug-likeness (QED) is 0.389. The standard InChI is InChI=1S/C20H15N3O3S/c1-2-22-17-10-9-16(23(25)26)12-18(17)27-20(22)21-19(24)15-8-7-13-5-3-4-6-14(13)11-15/h3-12H,2H2,1H3. The van der Waals surface area contributed by atoms with E-state index in [-0.39, 0.29) is 11.6 Å². The molecule has 134 valence electrons. The zero-order valence-corrected chi connectivity index (χ0v) is 15.3. The van der Waals surface area contributed by atoms with Gasteiger partial charge < -0.3 is 4.57 Å². The molecule has 4 aromatic rings. The Bertz CT molecular complexity index is 1270. The van der Waals surface area contributed by atoms with E-state index in [1.807, 2.05) is 47.9 Å². The van der Waals surface area contributed by atoms with E-state index in [9.17, 15) is 14.9 Å². The van der Waals surface area contributed by atoms with Crippen molar-refractivity contribution in [3.8, 4) is 0 Å². The Kier molecular flexibility index (Phi) is 4.29. The maximum Gasteiger partial charge on any atom is 0.279 e. The lowest BCUT2D eigenvalue weighted by atomic mass is 10.1. The smallest absolute Gasteiger partial charge is 0.279 e. The van der Waals surface area contributed by atoms with Crippen LogP contribution in [0.1, 0.15) is 17.3 Å². The highest BCUT2D eigenvalue weighted by molar-refractivity contribution is 7.16. The van der Waals surface area contributed by atoms with Crippen LogP contribution in [-0.4, -0.2) is 15.4 Å². The number of carbonyl (C=O) groups excluding carboxylic acids is 1. The van der Waals surface area contributed by atoms with Gasteiger partial charge >= 0.3 is 0 Å². The molecular formula is C20H15N3O3S. The minimum atomic E-state index is -0.424. The van der Waals surface area contributed by atoms with Gasteiger partial charge in [-0.2, -0.15) is 4.99 Å². The summed E-state index contributed by atoms with van der Waals surface area (Å²) in [7, 11) is 0. The van der Waals surface area contributed by atoms with Crippen molar-refractivity contribution in [2.45, 2.75) is 13.5 Å². The van der Waals surface area contributed by atoms with E-state index in [4.69, 9.17) is 0 Å². The zero-order valence-electron chi connectivity index (χ0n) is 14.5. The van der Waals surface area contributed by atoms with Crippen LogP contribution in [0.3, 0.4) is 0 Å². The third kappa shape index (κ3) is 3.13. The number of nitrogens with zero attached hydrogens (tertiary/aromatic N) is 3. The van der Waals surface area contributed by atoms with Gasteiger partial charge in [-0.25, -0.2) is 0 Å². The normalized spacial score (nSPS) is 12.0. The first-order valence-corrected chi connectivity index (χ1v) is 9.24. The lowest BCUT2D eigenvalue weighted by molar-refractivity contribution is -0.384. The first-order valence-electron chi connectivity index (χ1n) is 8.42. The summed E-state index contributed by atoms with van der Waals surface area (Å²) in [6.07, 6.45) is 0. The minimum absolute atomic E-state index is 0.0272. The monoisotopic (exact) mass is 377 g/mol. The van der Waals surface area contributed by atoms with Gasteiger partial charge in [0.2, 0.25) is 0 Å². The molecule has 0 radical (unpaired) electrons. The molecule has 1 amide bonds. The van der Waals surface area contributed by atoms with E-state index in [2.05, 4.69) is 4.99 Å². The summed E-state index contributed by atoms with van der Waals surface area (Å²) in [4.78, 5) is 28.1. The Morgan fingerprint density at radius 2 is 1.89 bits per heavy atom. The Hall–Kier alpha value is -3.32. The summed E-state index contributed by atoms with van der Waals surface area (Å²) in [5.74, 6) is -0.330. The summed E-state index contributed by atoms with van der Waals surface area (Å²) < 4.78 is 2.62. The largest absolute Gasteiger partial charge is 0.317 e. The van der Waals surface area contributed by atoms with E-state index in [1.165, 1.54) is 23.5 Å². The number of benzene rings is 3. The highest BCUT2D eigenvalue weighted by Gasteiger charge is 2.12. The summed E-state index contributed by atoms with van der Waals surface area (Å²) in [6, 6.07) is 18.0. The minimum Gasteiger partial charge on any atom is -0.317 e. The van der Waals surface area contributed by atoms with Crippen molar-refractivity contribution in [2.24, 2.45) is 4.99 Å². The third-order valence-corrected chi connectivity index (χ3v) is 5.43. The molecular weight excluding hydrogens is 362 g/mol. The van der Waals surface area contributed by atoms with Crippen LogP contribution < -0.4 is 4.80 Å². The lowest BCUT2D eigenvalue weighted by Gasteiger charge is -2.01. The van der Waals surface area contributed by atoms with Crippen LogP contribution in [0.25, 0.3) is 21.0 Å². The van der Waals surface area contributed by atoms with Gasteiger partial charge in [0.15, 0.2) is 4.80 Å². The van der Waals surface area contributed by atoms with E-state index in [1.54, 1.807) is 12.1 Å². The number of aryl methyl sites for hydroxylation is 1. The molecule has 0 aliphatic heterocycles. The molecule has 0 spiro atoms. The van der Waals surface area contributed by atoms with Crippen molar-refractivity contribution < 1.29 is 9.72 Å². The Balaban J connectivity index is 1.82. The van der Waals surface area contributed by atoms with E-state index < -0.39 is 4.92 Å². The number of nitro groups is 1. The SMILES string of the molecule is CCn1c(=NC(=O)c2ccc3ccccc3c2)sc2cc([N+](=O)[O-])ccc21. The van der Waals surface area contributed by atoms with Crippen molar-refractivity contribution >= 4 is 43.9 Å². The van der Waals surface area contributed by atoms with Crippen molar-refractivity contribution in [3.63, 3.8) is 0 Å². The predicted molar refractivity (Wildman–Crippen MR) is 106 cm³/mol. The molecule has 3 aromatic carbocycles. The van der Waals surface area contributed by atoms with Gasteiger partial charge in [-0.1, -0.05) is 41.7 Å². The third-order valence-electron chi connectivity index (χ3n) is 4.39. The van der Waals surface area contributed by atoms with E-state index in [0.717, 1.165) is 21.0 Å². The Labute approximate surface area is 158 Å². The van der Waals surface area contributed by atoms with Crippen molar-refractivity contribution in [3.05, 3.63) is 81.1 Å². The van der Waals surface area contributed by atoms with Crippen LogP contribution in [0, 0.1) is 10.1 Å². The van der Waals surface area contributed by atoms with Crippen LogP contribution in [0.4, 0.5) is 5.69 Å². The van der Waals surface area contributed by atoms with Crippen LogP contribution >= 0.6 is 11.3 Å². The zero-order chi connectivity index (χ0) is 19.0. The summed E-state index contributed by atoms with van der Waals surface area (Å²) in [5.41, 5.74) is 1.37. The molecule has 1 aromatic heterocycles. The second kappa shape index (κ2) is 6.77. The first kappa shape index (κ1) is 17.1. The molecule has 7 heteroatoms. The van der Waals surface area contributed by atoms with E-state index in [0.29, 0.717) is 16.9 Å². The molecule has 0 aliphatic rings. The number of nitro benzene ring substituents is 1. The maximum absolute atomic E-state index is 12.7. The molecule has 1 heterocycles. The summed E-state index contributed by atoms with van der Waals surface area (Å²) >= 11 is 1.28. The Morgan fingerprint density at radius 3 is 2.63 bits per heavy atom. The topological polar surface area (TPSA) is 77.5 Å². The fraction of sp³-hybridized carbons (Fsp3) is 0.100. The molecule has 0 aliphatic carbocycles. The maximum atomic E-state index is 12.7. The molecule has 0 saturated heterocycles. The van der Waals surface area contributed by atoms with Gasteiger partial charge in [-0.05, 0) is 35.9 Å². The van der Waals surface area contributed by atoms with E-state index >= 15 is 0 Å². The summed E-state index contributed by atoms with van der Waals surface area (Å²) in [6.45, 7) is 2.56. The average molecular weight is 377 g/mol. The van der Waals surface area contributed by atoms with Crippen LogP contribution in [-0.2, 0) is 6.54 Å². The van der Waals surface area contributed by atoms with Crippen molar-refractivity contribution in [2.75, 3.05) is 0 Å². The molecule has 0 unspecified atom stereocenters.